The standard InChI is InChI=1S/C21H31NO4/c1-13(2)17(22-20(24)26-21(4,5)6)19-18(23)16(12-25-19)11-15-9-7-14(3)8-10-15/h7-10,13,16-17,19H,11-12H2,1-6H3,(H,22,24)/t16-,17?,19+/m1/s1. The summed E-state index contributed by atoms with van der Waals surface area (Å²) in [7, 11) is 0. The number of ketones is 1. The molecule has 1 aromatic carbocycles. The SMILES string of the molecule is Cc1ccc(C[C@@H]2CO[C@@H](C(NC(=O)OC(C)(C)C)C(C)C)C2=O)cc1. The molecule has 1 heterocycles. The van der Waals surface area contributed by atoms with Crippen LogP contribution in [0.15, 0.2) is 24.3 Å². The number of hydrogen-bond donors (Lipinski definition) is 1. The van der Waals surface area contributed by atoms with E-state index in [2.05, 4.69) is 17.4 Å². The minimum atomic E-state index is -0.627. The Labute approximate surface area is 156 Å². The van der Waals surface area contributed by atoms with Gasteiger partial charge in [0.1, 0.15) is 11.7 Å². The Bertz CT molecular complexity index is 630. The van der Waals surface area contributed by atoms with Crippen LogP contribution in [0.2, 0.25) is 0 Å². The average molecular weight is 361 g/mol. The van der Waals surface area contributed by atoms with Crippen LogP contribution >= 0.6 is 0 Å². The third kappa shape index (κ3) is 5.56. The van der Waals surface area contributed by atoms with E-state index < -0.39 is 23.8 Å². The molecular weight excluding hydrogens is 330 g/mol. The van der Waals surface area contributed by atoms with E-state index in [0.717, 1.165) is 5.56 Å². The Morgan fingerprint density at radius 2 is 1.88 bits per heavy atom. The van der Waals surface area contributed by atoms with Crippen LogP contribution in [-0.2, 0) is 20.7 Å². The lowest BCUT2D eigenvalue weighted by atomic mass is 9.89. The Morgan fingerprint density at radius 3 is 2.42 bits per heavy atom. The molecule has 0 bridgehead atoms. The number of alkyl carbamates (subject to hydrolysis) is 1. The molecule has 5 heteroatoms. The Hall–Kier alpha value is -1.88. The van der Waals surface area contributed by atoms with Gasteiger partial charge in [0.05, 0.1) is 12.6 Å². The molecule has 5 nitrogen and oxygen atoms in total. The van der Waals surface area contributed by atoms with Gasteiger partial charge in [-0.05, 0) is 45.6 Å². The maximum Gasteiger partial charge on any atom is 0.407 e. The van der Waals surface area contributed by atoms with Crippen LogP contribution in [0.4, 0.5) is 4.79 Å². The summed E-state index contributed by atoms with van der Waals surface area (Å²) in [4.78, 5) is 25.0. The fourth-order valence-electron chi connectivity index (χ4n) is 3.10. The third-order valence-corrected chi connectivity index (χ3v) is 4.49. The van der Waals surface area contributed by atoms with Crippen LogP contribution in [-0.4, -0.2) is 36.2 Å². The lowest BCUT2D eigenvalue weighted by Gasteiger charge is -2.28. The molecule has 1 N–H and O–H groups in total. The molecule has 1 aliphatic heterocycles. The maximum atomic E-state index is 12.9. The predicted molar refractivity (Wildman–Crippen MR) is 101 cm³/mol. The molecule has 1 fully saturated rings. The van der Waals surface area contributed by atoms with Crippen molar-refractivity contribution < 1.29 is 19.1 Å². The van der Waals surface area contributed by atoms with Gasteiger partial charge in [-0.3, -0.25) is 4.79 Å². The molecule has 1 unspecified atom stereocenters. The molecule has 26 heavy (non-hydrogen) atoms. The van der Waals surface area contributed by atoms with E-state index in [1.165, 1.54) is 5.56 Å². The molecule has 0 aromatic heterocycles. The third-order valence-electron chi connectivity index (χ3n) is 4.49. The van der Waals surface area contributed by atoms with Crippen molar-refractivity contribution >= 4 is 11.9 Å². The summed E-state index contributed by atoms with van der Waals surface area (Å²) in [5, 5.41) is 2.83. The largest absolute Gasteiger partial charge is 0.444 e. The van der Waals surface area contributed by atoms with E-state index in [4.69, 9.17) is 9.47 Å². The highest BCUT2D eigenvalue weighted by atomic mass is 16.6. The van der Waals surface area contributed by atoms with Gasteiger partial charge >= 0.3 is 6.09 Å². The van der Waals surface area contributed by atoms with Crippen molar-refractivity contribution in [1.82, 2.24) is 5.32 Å². The summed E-state index contributed by atoms with van der Waals surface area (Å²) >= 11 is 0. The van der Waals surface area contributed by atoms with Gasteiger partial charge in [-0.25, -0.2) is 4.79 Å². The van der Waals surface area contributed by atoms with E-state index in [-0.39, 0.29) is 17.6 Å². The normalized spacial score (nSPS) is 21.7. The summed E-state index contributed by atoms with van der Waals surface area (Å²) in [6.45, 7) is 11.8. The molecule has 0 spiro atoms. The number of benzene rings is 1. The minimum absolute atomic E-state index is 0.0505. The number of hydrogen-bond acceptors (Lipinski definition) is 4. The summed E-state index contributed by atoms with van der Waals surface area (Å²) in [6.07, 6.45) is -0.486. The quantitative estimate of drug-likeness (QED) is 0.869. The molecule has 144 valence electrons. The highest BCUT2D eigenvalue weighted by molar-refractivity contribution is 5.88. The molecule has 1 amide bonds. The van der Waals surface area contributed by atoms with E-state index in [1.807, 2.05) is 53.7 Å². The molecule has 3 atom stereocenters. The van der Waals surface area contributed by atoms with Crippen molar-refractivity contribution in [3.05, 3.63) is 35.4 Å². The Kier molecular flexibility index (Phi) is 6.45. The van der Waals surface area contributed by atoms with Gasteiger partial charge in [0.2, 0.25) is 0 Å². The highest BCUT2D eigenvalue weighted by Gasteiger charge is 2.42. The molecule has 0 aliphatic carbocycles. The lowest BCUT2D eigenvalue weighted by molar-refractivity contribution is -0.126. The van der Waals surface area contributed by atoms with Crippen molar-refractivity contribution in [1.29, 1.82) is 0 Å². The fourth-order valence-corrected chi connectivity index (χ4v) is 3.10. The lowest BCUT2D eigenvalue weighted by Crippen LogP contribution is -2.50. The van der Waals surface area contributed by atoms with Gasteiger partial charge in [-0.1, -0.05) is 43.7 Å². The number of ether oxygens (including phenoxy) is 2. The molecule has 1 saturated heterocycles. The van der Waals surface area contributed by atoms with Crippen molar-refractivity contribution in [2.45, 2.75) is 65.7 Å². The van der Waals surface area contributed by atoms with Crippen LogP contribution in [0.5, 0.6) is 0 Å². The number of aryl methyl sites for hydroxylation is 1. The van der Waals surface area contributed by atoms with Crippen molar-refractivity contribution in [3.8, 4) is 0 Å². The summed E-state index contributed by atoms with van der Waals surface area (Å²) in [5.74, 6) is -0.0701. The zero-order valence-electron chi connectivity index (χ0n) is 16.7. The first kappa shape index (κ1) is 20.4. The number of carbonyl (C=O) groups excluding carboxylic acids is 2. The molecule has 1 aromatic rings. The Balaban J connectivity index is 2.02. The number of Topliss-reactive ketones (excluding diaryl/α,β-unsaturated/α-hetero) is 1. The van der Waals surface area contributed by atoms with Gasteiger partial charge in [0.15, 0.2) is 5.78 Å². The van der Waals surface area contributed by atoms with Crippen molar-refractivity contribution in [2.75, 3.05) is 6.61 Å². The van der Waals surface area contributed by atoms with E-state index in [9.17, 15) is 9.59 Å². The molecule has 0 radical (unpaired) electrons. The second-order valence-electron chi connectivity index (χ2n) is 8.46. The van der Waals surface area contributed by atoms with E-state index in [0.29, 0.717) is 13.0 Å². The Morgan fingerprint density at radius 1 is 1.27 bits per heavy atom. The van der Waals surface area contributed by atoms with Crippen LogP contribution in [0, 0.1) is 18.8 Å². The monoisotopic (exact) mass is 361 g/mol. The first-order valence-electron chi connectivity index (χ1n) is 9.27. The summed E-state index contributed by atoms with van der Waals surface area (Å²) < 4.78 is 11.1. The maximum absolute atomic E-state index is 12.9. The zero-order valence-corrected chi connectivity index (χ0v) is 16.7. The topological polar surface area (TPSA) is 64.6 Å². The second-order valence-corrected chi connectivity index (χ2v) is 8.46. The summed E-state index contributed by atoms with van der Waals surface area (Å²) in [6, 6.07) is 7.80. The van der Waals surface area contributed by atoms with Crippen LogP contribution in [0.25, 0.3) is 0 Å². The van der Waals surface area contributed by atoms with Gasteiger partial charge in [-0.2, -0.15) is 0 Å². The number of carbonyl (C=O) groups is 2. The first-order valence-corrected chi connectivity index (χ1v) is 9.27. The van der Waals surface area contributed by atoms with Crippen LogP contribution in [0.1, 0.15) is 45.7 Å². The highest BCUT2D eigenvalue weighted by Crippen LogP contribution is 2.25. The smallest absolute Gasteiger partial charge is 0.407 e. The average Bonchev–Trinajstić information content (AvgIpc) is 2.86. The fraction of sp³-hybridized carbons (Fsp3) is 0.619. The second kappa shape index (κ2) is 8.21. The number of nitrogens with one attached hydrogen (secondary N) is 1. The van der Waals surface area contributed by atoms with E-state index >= 15 is 0 Å². The van der Waals surface area contributed by atoms with Crippen LogP contribution in [0.3, 0.4) is 0 Å². The van der Waals surface area contributed by atoms with Crippen molar-refractivity contribution in [3.63, 3.8) is 0 Å². The van der Waals surface area contributed by atoms with Gasteiger partial charge in [0.25, 0.3) is 0 Å². The zero-order chi connectivity index (χ0) is 19.5. The molecule has 1 aliphatic rings. The van der Waals surface area contributed by atoms with Crippen molar-refractivity contribution in [2.24, 2.45) is 11.8 Å². The molecule has 0 saturated carbocycles. The summed E-state index contributed by atoms with van der Waals surface area (Å²) in [5.41, 5.74) is 1.74. The molecular formula is C21H31NO4. The van der Waals surface area contributed by atoms with Gasteiger partial charge in [0, 0.05) is 5.92 Å². The first-order chi connectivity index (χ1) is 12.1. The predicted octanol–water partition coefficient (Wildman–Crippen LogP) is 3.67. The number of rotatable bonds is 5. The van der Waals surface area contributed by atoms with Gasteiger partial charge < -0.3 is 14.8 Å². The molecule has 2 rings (SSSR count). The van der Waals surface area contributed by atoms with E-state index in [1.54, 1.807) is 0 Å². The number of amides is 1. The minimum Gasteiger partial charge on any atom is -0.444 e. The van der Waals surface area contributed by atoms with Crippen LogP contribution < -0.4 is 5.32 Å². The van der Waals surface area contributed by atoms with Gasteiger partial charge in [-0.15, -0.1) is 0 Å².